The summed E-state index contributed by atoms with van der Waals surface area (Å²) in [6.07, 6.45) is 5.56. The zero-order valence-corrected chi connectivity index (χ0v) is 11.7. The minimum absolute atomic E-state index is 0.150. The third kappa shape index (κ3) is 2.66. The van der Waals surface area contributed by atoms with Crippen LogP contribution in [0.2, 0.25) is 0 Å². The van der Waals surface area contributed by atoms with Crippen LogP contribution in [0.15, 0.2) is 29.3 Å². The number of hydrogen-bond acceptors (Lipinski definition) is 3. The lowest BCUT2D eigenvalue weighted by molar-refractivity contribution is 0.721. The van der Waals surface area contributed by atoms with Crippen LogP contribution in [-0.4, -0.2) is 14.5 Å². The highest BCUT2D eigenvalue weighted by Crippen LogP contribution is 2.20. The van der Waals surface area contributed by atoms with Gasteiger partial charge in [0.05, 0.1) is 17.9 Å². The van der Waals surface area contributed by atoms with Crippen molar-refractivity contribution >= 4 is 21.6 Å². The summed E-state index contributed by atoms with van der Waals surface area (Å²) in [6, 6.07) is 2.22. The number of aryl methyl sites for hydroxylation is 2. The third-order valence-corrected chi connectivity index (χ3v) is 3.47. The lowest BCUT2D eigenvalue weighted by atomic mass is 10.2. The van der Waals surface area contributed by atoms with Gasteiger partial charge in [-0.05, 0) is 41.4 Å². The normalized spacial score (nSPS) is 12.5. The molecule has 0 radical (unpaired) electrons. The van der Waals surface area contributed by atoms with Gasteiger partial charge >= 0.3 is 0 Å². The van der Waals surface area contributed by atoms with E-state index in [1.54, 1.807) is 6.20 Å². The Kier molecular flexibility index (Phi) is 3.47. The molecule has 0 spiro atoms. The summed E-state index contributed by atoms with van der Waals surface area (Å²) in [5, 5.41) is 3.39. The van der Waals surface area contributed by atoms with Crippen molar-refractivity contribution in [3.63, 3.8) is 0 Å². The molecule has 0 aliphatic rings. The molecule has 0 bridgehead atoms. The maximum absolute atomic E-state index is 4.32. The van der Waals surface area contributed by atoms with Crippen LogP contribution in [0.5, 0.6) is 0 Å². The number of nitrogens with one attached hydrogen (secondary N) is 1. The highest BCUT2D eigenvalue weighted by molar-refractivity contribution is 9.10. The van der Waals surface area contributed by atoms with E-state index in [0.29, 0.717) is 0 Å². The Morgan fingerprint density at radius 1 is 1.41 bits per heavy atom. The lowest BCUT2D eigenvalue weighted by Crippen LogP contribution is -2.12. The van der Waals surface area contributed by atoms with Gasteiger partial charge in [-0.1, -0.05) is 0 Å². The van der Waals surface area contributed by atoms with E-state index in [1.807, 2.05) is 30.9 Å². The van der Waals surface area contributed by atoms with E-state index in [1.165, 1.54) is 0 Å². The SMILES string of the molecule is Cc1cc(NC(C)c2nccn2C)cnc1Br. The van der Waals surface area contributed by atoms with Gasteiger partial charge < -0.3 is 9.88 Å². The van der Waals surface area contributed by atoms with Crippen LogP contribution in [0.3, 0.4) is 0 Å². The number of imidazole rings is 1. The van der Waals surface area contributed by atoms with Gasteiger partial charge in [0.1, 0.15) is 10.4 Å². The van der Waals surface area contributed by atoms with E-state index >= 15 is 0 Å². The zero-order valence-electron chi connectivity index (χ0n) is 10.1. The molecule has 1 unspecified atom stereocenters. The molecule has 0 aromatic carbocycles. The van der Waals surface area contributed by atoms with Crippen molar-refractivity contribution in [3.05, 3.63) is 40.6 Å². The van der Waals surface area contributed by atoms with Gasteiger partial charge in [0, 0.05) is 19.4 Å². The van der Waals surface area contributed by atoms with E-state index in [2.05, 4.69) is 44.2 Å². The molecular formula is C12H15BrN4. The molecule has 0 aliphatic heterocycles. The molecule has 90 valence electrons. The van der Waals surface area contributed by atoms with Crippen molar-refractivity contribution in [2.45, 2.75) is 19.9 Å². The summed E-state index contributed by atoms with van der Waals surface area (Å²) in [5.74, 6) is 1.01. The fourth-order valence-corrected chi connectivity index (χ4v) is 1.96. The van der Waals surface area contributed by atoms with Crippen LogP contribution in [-0.2, 0) is 7.05 Å². The molecule has 4 nitrogen and oxygen atoms in total. The van der Waals surface area contributed by atoms with Gasteiger partial charge in [-0.3, -0.25) is 0 Å². The molecule has 0 amide bonds. The Hall–Kier alpha value is -1.36. The van der Waals surface area contributed by atoms with E-state index in [0.717, 1.165) is 21.7 Å². The predicted octanol–water partition coefficient (Wildman–Crippen LogP) is 3.06. The fraction of sp³-hybridized carbons (Fsp3) is 0.333. The van der Waals surface area contributed by atoms with Crippen LogP contribution in [0.25, 0.3) is 0 Å². The van der Waals surface area contributed by atoms with Crippen LogP contribution in [0.1, 0.15) is 24.4 Å². The molecule has 1 N–H and O–H groups in total. The highest BCUT2D eigenvalue weighted by atomic mass is 79.9. The maximum Gasteiger partial charge on any atom is 0.130 e. The smallest absolute Gasteiger partial charge is 0.130 e. The minimum atomic E-state index is 0.150. The first-order valence-electron chi connectivity index (χ1n) is 5.44. The monoisotopic (exact) mass is 294 g/mol. The number of rotatable bonds is 3. The Morgan fingerprint density at radius 2 is 2.18 bits per heavy atom. The van der Waals surface area contributed by atoms with Gasteiger partial charge in [-0.2, -0.15) is 0 Å². The summed E-state index contributed by atoms with van der Waals surface area (Å²) in [6.45, 7) is 4.10. The highest BCUT2D eigenvalue weighted by Gasteiger charge is 2.10. The van der Waals surface area contributed by atoms with Gasteiger partial charge in [-0.25, -0.2) is 9.97 Å². The van der Waals surface area contributed by atoms with Crippen molar-refractivity contribution in [3.8, 4) is 0 Å². The summed E-state index contributed by atoms with van der Waals surface area (Å²) >= 11 is 3.39. The average Bonchev–Trinajstić information content (AvgIpc) is 2.70. The van der Waals surface area contributed by atoms with E-state index < -0.39 is 0 Å². The van der Waals surface area contributed by atoms with Crippen molar-refractivity contribution in [2.75, 3.05) is 5.32 Å². The molecule has 2 aromatic heterocycles. The molecule has 0 fully saturated rings. The van der Waals surface area contributed by atoms with Crippen LogP contribution < -0.4 is 5.32 Å². The van der Waals surface area contributed by atoms with E-state index in [4.69, 9.17) is 0 Å². The van der Waals surface area contributed by atoms with Crippen molar-refractivity contribution in [1.29, 1.82) is 0 Å². The van der Waals surface area contributed by atoms with Crippen molar-refractivity contribution < 1.29 is 0 Å². The van der Waals surface area contributed by atoms with Gasteiger partial charge in [0.15, 0.2) is 0 Å². The van der Waals surface area contributed by atoms with E-state index in [9.17, 15) is 0 Å². The molecule has 5 heteroatoms. The summed E-state index contributed by atoms with van der Waals surface area (Å²) in [7, 11) is 1.99. The summed E-state index contributed by atoms with van der Waals surface area (Å²) in [4.78, 5) is 8.59. The second-order valence-electron chi connectivity index (χ2n) is 4.09. The number of anilines is 1. The first-order chi connectivity index (χ1) is 8.08. The zero-order chi connectivity index (χ0) is 12.4. The summed E-state index contributed by atoms with van der Waals surface area (Å²) < 4.78 is 2.89. The molecule has 1 atom stereocenters. The van der Waals surface area contributed by atoms with Gasteiger partial charge in [0.25, 0.3) is 0 Å². The fourth-order valence-electron chi connectivity index (χ4n) is 1.75. The molecule has 2 aromatic rings. The molecule has 0 aliphatic carbocycles. The van der Waals surface area contributed by atoms with Gasteiger partial charge in [-0.15, -0.1) is 0 Å². The predicted molar refractivity (Wildman–Crippen MR) is 71.9 cm³/mol. The number of nitrogens with zero attached hydrogens (tertiary/aromatic N) is 3. The molecule has 0 saturated carbocycles. The van der Waals surface area contributed by atoms with Crippen LogP contribution in [0.4, 0.5) is 5.69 Å². The second kappa shape index (κ2) is 4.87. The van der Waals surface area contributed by atoms with Crippen LogP contribution >= 0.6 is 15.9 Å². The Balaban J connectivity index is 2.16. The third-order valence-electron chi connectivity index (χ3n) is 2.64. The summed E-state index contributed by atoms with van der Waals surface area (Å²) in [5.41, 5.74) is 2.11. The van der Waals surface area contributed by atoms with Crippen LogP contribution in [0, 0.1) is 6.92 Å². The molecule has 2 heterocycles. The largest absolute Gasteiger partial charge is 0.374 e. The molecular weight excluding hydrogens is 280 g/mol. The average molecular weight is 295 g/mol. The topological polar surface area (TPSA) is 42.7 Å². The maximum atomic E-state index is 4.32. The Morgan fingerprint density at radius 3 is 2.76 bits per heavy atom. The Labute approximate surface area is 109 Å². The molecule has 0 saturated heterocycles. The molecule has 2 rings (SSSR count). The quantitative estimate of drug-likeness (QED) is 0.885. The van der Waals surface area contributed by atoms with Gasteiger partial charge in [0.2, 0.25) is 0 Å². The van der Waals surface area contributed by atoms with Crippen molar-refractivity contribution in [2.24, 2.45) is 7.05 Å². The standard InChI is InChI=1S/C12H15BrN4/c1-8-6-10(7-15-11(8)13)16-9(2)12-14-4-5-17(12)3/h4-7,9,16H,1-3H3. The van der Waals surface area contributed by atoms with E-state index in [-0.39, 0.29) is 6.04 Å². The second-order valence-corrected chi connectivity index (χ2v) is 4.85. The number of halogens is 1. The molecule has 17 heavy (non-hydrogen) atoms. The van der Waals surface area contributed by atoms with Crippen molar-refractivity contribution in [1.82, 2.24) is 14.5 Å². The first-order valence-corrected chi connectivity index (χ1v) is 6.23. The number of hydrogen-bond donors (Lipinski definition) is 1. The lowest BCUT2D eigenvalue weighted by Gasteiger charge is -2.15. The minimum Gasteiger partial charge on any atom is -0.374 e. The Bertz CT molecular complexity index is 521. The number of aromatic nitrogens is 3. The first kappa shape index (κ1) is 12.1. The number of pyridine rings is 1.